The lowest BCUT2D eigenvalue weighted by Gasteiger charge is -2.13. The molecular formula is C42H39N7O11. The van der Waals surface area contributed by atoms with Crippen molar-refractivity contribution in [2.75, 3.05) is 40.0 Å². The van der Waals surface area contributed by atoms with Gasteiger partial charge in [-0.25, -0.2) is 15.0 Å². The Morgan fingerprint density at radius 3 is 1.70 bits per heavy atom. The van der Waals surface area contributed by atoms with Crippen LogP contribution in [-0.4, -0.2) is 110 Å². The lowest BCUT2D eigenvalue weighted by atomic mass is 10.1. The fourth-order valence-corrected chi connectivity index (χ4v) is 5.74. The Morgan fingerprint density at radius 2 is 1.17 bits per heavy atom. The summed E-state index contributed by atoms with van der Waals surface area (Å²) < 4.78 is 16.8. The summed E-state index contributed by atoms with van der Waals surface area (Å²) in [5, 5.41) is 27.6. The van der Waals surface area contributed by atoms with E-state index in [-0.39, 0.29) is 85.3 Å². The monoisotopic (exact) mass is 817 g/mol. The third kappa shape index (κ3) is 10.7. The number of hydrogen-bond donors (Lipinski definition) is 4. The second kappa shape index (κ2) is 19.5. The number of methoxy groups -OCH3 is 1. The molecule has 0 unspecified atom stereocenters. The summed E-state index contributed by atoms with van der Waals surface area (Å²) in [5.41, 5.74) is 1.13. The van der Waals surface area contributed by atoms with Crippen LogP contribution in [0, 0.1) is 0 Å². The molecule has 4 aromatic rings. The van der Waals surface area contributed by atoms with Gasteiger partial charge >= 0.3 is 0 Å². The van der Waals surface area contributed by atoms with Crippen LogP contribution in [0.15, 0.2) is 97.2 Å². The molecule has 0 spiro atoms. The van der Waals surface area contributed by atoms with Gasteiger partial charge in [-0.3, -0.25) is 38.6 Å². The van der Waals surface area contributed by atoms with Crippen LogP contribution < -0.4 is 24.8 Å². The number of hydrogen-bond acceptors (Lipinski definition) is 14. The van der Waals surface area contributed by atoms with Crippen molar-refractivity contribution in [3.63, 3.8) is 0 Å². The number of aromatic hydroxyl groups is 2. The van der Waals surface area contributed by atoms with Crippen molar-refractivity contribution >= 4 is 35.4 Å². The molecule has 308 valence electrons. The quantitative estimate of drug-likeness (QED) is 0.0605. The van der Waals surface area contributed by atoms with Gasteiger partial charge in [0, 0.05) is 80.3 Å². The predicted molar refractivity (Wildman–Crippen MR) is 213 cm³/mol. The van der Waals surface area contributed by atoms with Crippen molar-refractivity contribution in [2.24, 2.45) is 0 Å². The maximum absolute atomic E-state index is 12.2. The van der Waals surface area contributed by atoms with E-state index in [9.17, 15) is 39.0 Å². The molecule has 2 aliphatic rings. The summed E-state index contributed by atoms with van der Waals surface area (Å²) in [5.74, 6) is -1.36. The number of carbonyl (C=O) groups is 6. The van der Waals surface area contributed by atoms with E-state index in [4.69, 9.17) is 14.2 Å². The molecule has 0 fully saturated rings. The molecule has 4 N–H and O–H groups in total. The molecular weight excluding hydrogens is 778 g/mol. The van der Waals surface area contributed by atoms with Gasteiger partial charge < -0.3 is 35.1 Å². The van der Waals surface area contributed by atoms with E-state index in [2.05, 4.69) is 25.6 Å². The minimum atomic E-state index is -0.530. The molecule has 3 heterocycles. The topological polar surface area (TPSA) is 240 Å². The number of ether oxygens (including phenoxy) is 3. The molecule has 0 atom stereocenters. The van der Waals surface area contributed by atoms with Crippen LogP contribution in [0.4, 0.5) is 0 Å². The summed E-state index contributed by atoms with van der Waals surface area (Å²) in [4.78, 5) is 86.4. The molecule has 2 aliphatic heterocycles. The molecule has 3 aromatic carbocycles. The standard InChI is InChI=1S/C42H39N7O11/c1-58-27-6-4-26(5-7-27)40-45-41(30-10-8-28(24-32(30)50)59-22-2-18-43-34(52)16-20-48-36(54)12-13-37(48)55)47-42(46-40)31-11-9-29(25-33(31)51)60-23-3-19-44-35(53)17-21-49-38(56)14-15-39(49)57/h4-16,20,24-25,50-51H,2-3,17-19,21-23H2,1H3,(H,43,52)(H,44,53)/b20-16+. The highest BCUT2D eigenvalue weighted by Gasteiger charge is 2.24. The SMILES string of the molecule is COc1ccc(-c2nc(-c3ccc(OCCCNC(=O)/C=C/N4C(=O)C=CC4=O)cc3O)nc(-c3ccc(OCCCNC(=O)CCN4C(=O)C=CC4=O)cc3O)n2)cc1. The van der Waals surface area contributed by atoms with E-state index in [1.807, 2.05) is 0 Å². The number of nitrogens with one attached hydrogen (secondary N) is 2. The van der Waals surface area contributed by atoms with Crippen LogP contribution in [0.2, 0.25) is 0 Å². The first-order chi connectivity index (χ1) is 29.0. The normalized spacial score (nSPS) is 13.4. The summed E-state index contributed by atoms with van der Waals surface area (Å²) in [6.45, 7) is 0.921. The molecule has 0 radical (unpaired) electrons. The maximum Gasteiger partial charge on any atom is 0.257 e. The minimum absolute atomic E-state index is 0.00678. The Bertz CT molecular complexity index is 2360. The summed E-state index contributed by atoms with van der Waals surface area (Å²) in [6.07, 6.45) is 7.58. The van der Waals surface area contributed by atoms with Gasteiger partial charge in [0.15, 0.2) is 17.5 Å². The van der Waals surface area contributed by atoms with E-state index in [1.165, 1.54) is 24.3 Å². The number of benzene rings is 3. The molecule has 18 nitrogen and oxygen atoms in total. The number of amides is 6. The van der Waals surface area contributed by atoms with Crippen LogP contribution in [0.25, 0.3) is 34.2 Å². The first-order valence-electron chi connectivity index (χ1n) is 18.6. The van der Waals surface area contributed by atoms with Crippen molar-refractivity contribution in [3.8, 4) is 62.9 Å². The van der Waals surface area contributed by atoms with Crippen LogP contribution in [0.1, 0.15) is 19.3 Å². The Morgan fingerprint density at radius 1 is 0.667 bits per heavy atom. The zero-order chi connectivity index (χ0) is 42.6. The molecule has 0 saturated carbocycles. The molecule has 0 bridgehead atoms. The molecule has 6 rings (SSSR count). The average molecular weight is 818 g/mol. The highest BCUT2D eigenvalue weighted by atomic mass is 16.5. The van der Waals surface area contributed by atoms with Crippen LogP contribution in [0.3, 0.4) is 0 Å². The zero-order valence-corrected chi connectivity index (χ0v) is 32.2. The van der Waals surface area contributed by atoms with Gasteiger partial charge in [-0.2, -0.15) is 0 Å². The van der Waals surface area contributed by atoms with Gasteiger partial charge in [0.05, 0.1) is 31.5 Å². The largest absolute Gasteiger partial charge is 0.507 e. The van der Waals surface area contributed by atoms with E-state index in [1.54, 1.807) is 55.6 Å². The Balaban J connectivity index is 1.06. The van der Waals surface area contributed by atoms with Gasteiger partial charge in [0.2, 0.25) is 11.8 Å². The maximum atomic E-state index is 12.2. The van der Waals surface area contributed by atoms with Crippen molar-refractivity contribution < 1.29 is 53.2 Å². The minimum Gasteiger partial charge on any atom is -0.507 e. The van der Waals surface area contributed by atoms with E-state index in [0.717, 1.165) is 34.2 Å². The van der Waals surface area contributed by atoms with Crippen LogP contribution >= 0.6 is 0 Å². The fraction of sp³-hybridized carbons (Fsp3) is 0.214. The Hall–Kier alpha value is -7.89. The first kappa shape index (κ1) is 41.7. The molecule has 6 amide bonds. The Kier molecular flexibility index (Phi) is 13.6. The van der Waals surface area contributed by atoms with E-state index >= 15 is 0 Å². The number of phenols is 2. The second-order valence-corrected chi connectivity index (χ2v) is 13.0. The highest BCUT2D eigenvalue weighted by Crippen LogP contribution is 2.36. The second-order valence-electron chi connectivity index (χ2n) is 13.0. The molecule has 0 saturated heterocycles. The van der Waals surface area contributed by atoms with Gasteiger partial charge in [-0.05, 0) is 61.4 Å². The highest BCUT2D eigenvalue weighted by molar-refractivity contribution is 6.14. The predicted octanol–water partition coefficient (Wildman–Crippen LogP) is 2.82. The lowest BCUT2D eigenvalue weighted by molar-refractivity contribution is -0.138. The molecule has 1 aromatic heterocycles. The molecule has 18 heteroatoms. The third-order valence-corrected chi connectivity index (χ3v) is 8.89. The van der Waals surface area contributed by atoms with Crippen molar-refractivity contribution in [1.29, 1.82) is 0 Å². The van der Waals surface area contributed by atoms with Crippen molar-refractivity contribution in [1.82, 2.24) is 35.4 Å². The van der Waals surface area contributed by atoms with Crippen molar-refractivity contribution in [3.05, 3.63) is 97.2 Å². The zero-order valence-electron chi connectivity index (χ0n) is 32.2. The number of aromatic nitrogens is 3. The third-order valence-electron chi connectivity index (χ3n) is 8.89. The smallest absolute Gasteiger partial charge is 0.257 e. The van der Waals surface area contributed by atoms with E-state index < -0.39 is 29.5 Å². The van der Waals surface area contributed by atoms with E-state index in [0.29, 0.717) is 35.7 Å². The summed E-state index contributed by atoms with van der Waals surface area (Å²) >= 11 is 0. The van der Waals surface area contributed by atoms with Gasteiger partial charge in [0.25, 0.3) is 23.6 Å². The van der Waals surface area contributed by atoms with Gasteiger partial charge in [-0.1, -0.05) is 0 Å². The van der Waals surface area contributed by atoms with Crippen molar-refractivity contribution in [2.45, 2.75) is 19.3 Å². The molecule has 0 aliphatic carbocycles. The first-order valence-corrected chi connectivity index (χ1v) is 18.6. The number of rotatable bonds is 19. The number of phenolic OH excluding ortho intramolecular Hbond substituents is 2. The summed E-state index contributed by atoms with van der Waals surface area (Å²) in [7, 11) is 1.55. The van der Waals surface area contributed by atoms with Crippen LogP contribution in [-0.2, 0) is 28.8 Å². The lowest BCUT2D eigenvalue weighted by Crippen LogP contribution is -2.35. The number of carbonyl (C=O) groups excluding carboxylic acids is 6. The number of nitrogens with zero attached hydrogens (tertiary/aromatic N) is 5. The Labute approximate surface area is 342 Å². The van der Waals surface area contributed by atoms with Gasteiger partial charge in [-0.15, -0.1) is 0 Å². The van der Waals surface area contributed by atoms with Gasteiger partial charge in [0.1, 0.15) is 28.7 Å². The molecule has 60 heavy (non-hydrogen) atoms. The summed E-state index contributed by atoms with van der Waals surface area (Å²) in [6, 6.07) is 16.2. The number of imide groups is 2. The average Bonchev–Trinajstić information content (AvgIpc) is 3.75. The fourth-order valence-electron chi connectivity index (χ4n) is 5.74. The van der Waals surface area contributed by atoms with Crippen LogP contribution in [0.5, 0.6) is 28.7 Å².